The van der Waals surface area contributed by atoms with Crippen molar-refractivity contribution in [2.24, 2.45) is 5.92 Å². The first-order valence-corrected chi connectivity index (χ1v) is 6.95. The molecule has 1 fully saturated rings. The monoisotopic (exact) mass is 266 g/mol. The SMILES string of the molecule is CNC(c1ccncc1F)C1(OC)CCC(C)CC1. The van der Waals surface area contributed by atoms with E-state index in [1.54, 1.807) is 19.4 Å². The zero-order valence-corrected chi connectivity index (χ0v) is 11.9. The van der Waals surface area contributed by atoms with Crippen LogP contribution in [0.5, 0.6) is 0 Å². The fourth-order valence-corrected chi connectivity index (χ4v) is 3.18. The van der Waals surface area contributed by atoms with E-state index in [0.717, 1.165) is 31.6 Å². The van der Waals surface area contributed by atoms with E-state index in [1.807, 2.05) is 7.05 Å². The third kappa shape index (κ3) is 2.79. The molecule has 1 N–H and O–H groups in total. The number of aromatic nitrogens is 1. The van der Waals surface area contributed by atoms with Crippen molar-refractivity contribution in [2.75, 3.05) is 14.2 Å². The van der Waals surface area contributed by atoms with Crippen LogP contribution in [0.2, 0.25) is 0 Å². The third-order valence-electron chi connectivity index (χ3n) is 4.46. The molecule has 0 spiro atoms. The Kier molecular flexibility index (Phi) is 4.53. The van der Waals surface area contributed by atoms with E-state index in [9.17, 15) is 4.39 Å². The first-order chi connectivity index (χ1) is 9.13. The number of halogens is 1. The molecule has 0 radical (unpaired) electrons. The van der Waals surface area contributed by atoms with Crippen LogP contribution in [0, 0.1) is 11.7 Å². The number of hydrogen-bond donors (Lipinski definition) is 1. The smallest absolute Gasteiger partial charge is 0.146 e. The van der Waals surface area contributed by atoms with Gasteiger partial charge in [0.25, 0.3) is 0 Å². The van der Waals surface area contributed by atoms with E-state index in [4.69, 9.17) is 4.74 Å². The number of ether oxygens (including phenoxy) is 1. The van der Waals surface area contributed by atoms with Crippen LogP contribution >= 0.6 is 0 Å². The van der Waals surface area contributed by atoms with Gasteiger partial charge in [-0.15, -0.1) is 0 Å². The maximum Gasteiger partial charge on any atom is 0.146 e. The Morgan fingerprint density at radius 3 is 2.68 bits per heavy atom. The van der Waals surface area contributed by atoms with E-state index < -0.39 is 0 Å². The summed E-state index contributed by atoms with van der Waals surface area (Å²) in [5.41, 5.74) is 0.331. The summed E-state index contributed by atoms with van der Waals surface area (Å²) in [5.74, 6) is 0.458. The average molecular weight is 266 g/mol. The highest BCUT2D eigenvalue weighted by Gasteiger charge is 2.42. The predicted octanol–water partition coefficient (Wildman–Crippen LogP) is 3.08. The maximum atomic E-state index is 14.0. The molecule has 3 nitrogen and oxygen atoms in total. The Labute approximate surface area is 114 Å². The molecule has 1 unspecified atom stereocenters. The fraction of sp³-hybridized carbons (Fsp3) is 0.667. The molecule has 1 aromatic rings. The summed E-state index contributed by atoms with van der Waals surface area (Å²) in [6.45, 7) is 2.26. The third-order valence-corrected chi connectivity index (χ3v) is 4.46. The van der Waals surface area contributed by atoms with E-state index >= 15 is 0 Å². The van der Waals surface area contributed by atoms with Crippen LogP contribution in [0.15, 0.2) is 18.5 Å². The second kappa shape index (κ2) is 5.97. The van der Waals surface area contributed by atoms with Crippen LogP contribution in [0.1, 0.15) is 44.2 Å². The van der Waals surface area contributed by atoms with Crippen molar-refractivity contribution in [1.82, 2.24) is 10.3 Å². The molecule has 1 aliphatic carbocycles. The molecule has 1 aliphatic rings. The van der Waals surface area contributed by atoms with E-state index in [1.165, 1.54) is 6.20 Å². The number of pyridine rings is 1. The Hall–Kier alpha value is -1.00. The number of nitrogens with one attached hydrogen (secondary N) is 1. The van der Waals surface area contributed by atoms with Crippen LogP contribution in [0.3, 0.4) is 0 Å². The predicted molar refractivity (Wildman–Crippen MR) is 73.4 cm³/mol. The topological polar surface area (TPSA) is 34.2 Å². The minimum atomic E-state index is -0.316. The van der Waals surface area contributed by atoms with Gasteiger partial charge in [0.1, 0.15) is 5.82 Å². The van der Waals surface area contributed by atoms with Crippen molar-refractivity contribution in [3.63, 3.8) is 0 Å². The number of methoxy groups -OCH3 is 1. The number of nitrogens with zero attached hydrogens (tertiary/aromatic N) is 1. The lowest BCUT2D eigenvalue weighted by Gasteiger charge is -2.44. The molecule has 1 atom stereocenters. The molecule has 0 aromatic carbocycles. The largest absolute Gasteiger partial charge is 0.376 e. The summed E-state index contributed by atoms with van der Waals surface area (Å²) in [7, 11) is 3.60. The summed E-state index contributed by atoms with van der Waals surface area (Å²) in [5, 5.41) is 3.24. The van der Waals surface area contributed by atoms with Gasteiger partial charge in [0, 0.05) is 18.9 Å². The summed E-state index contributed by atoms with van der Waals surface area (Å²) < 4.78 is 19.8. The zero-order chi connectivity index (χ0) is 13.9. The lowest BCUT2D eigenvalue weighted by atomic mass is 9.73. The van der Waals surface area contributed by atoms with Gasteiger partial charge in [-0.2, -0.15) is 0 Å². The molecule has 1 heterocycles. The molecule has 0 aliphatic heterocycles. The van der Waals surface area contributed by atoms with Gasteiger partial charge in [0.15, 0.2) is 0 Å². The standard InChI is InChI=1S/C15H23FN2O/c1-11-4-7-15(19-3,8-5-11)14(17-2)12-6-9-18-10-13(12)16/h6,9-11,14,17H,4-5,7-8H2,1-3H3. The Bertz CT molecular complexity index is 416. The molecule has 19 heavy (non-hydrogen) atoms. The maximum absolute atomic E-state index is 14.0. The van der Waals surface area contributed by atoms with Gasteiger partial charge in [-0.3, -0.25) is 4.98 Å². The highest BCUT2D eigenvalue weighted by Crippen LogP contribution is 2.43. The molecule has 4 heteroatoms. The Morgan fingerprint density at radius 2 is 2.16 bits per heavy atom. The fourth-order valence-electron chi connectivity index (χ4n) is 3.18. The number of hydrogen-bond acceptors (Lipinski definition) is 3. The summed E-state index contributed by atoms with van der Waals surface area (Å²) in [6, 6.07) is 1.61. The van der Waals surface area contributed by atoms with Crippen molar-refractivity contribution in [3.05, 3.63) is 29.8 Å². The highest BCUT2D eigenvalue weighted by atomic mass is 19.1. The first-order valence-electron chi connectivity index (χ1n) is 6.95. The summed E-state index contributed by atoms with van der Waals surface area (Å²) in [6.07, 6.45) is 7.07. The van der Waals surface area contributed by atoms with Crippen LogP contribution in [0.4, 0.5) is 4.39 Å². The van der Waals surface area contributed by atoms with Crippen LogP contribution in [-0.2, 0) is 4.74 Å². The van der Waals surface area contributed by atoms with Crippen LogP contribution in [0.25, 0.3) is 0 Å². The second-order valence-corrected chi connectivity index (χ2v) is 5.57. The van der Waals surface area contributed by atoms with E-state index in [-0.39, 0.29) is 17.5 Å². The number of likely N-dealkylation sites (N-methyl/N-ethyl adjacent to an activating group) is 1. The zero-order valence-electron chi connectivity index (χ0n) is 11.9. The Morgan fingerprint density at radius 1 is 1.47 bits per heavy atom. The lowest BCUT2D eigenvalue weighted by molar-refractivity contribution is -0.0752. The minimum absolute atomic E-state index is 0.131. The summed E-state index contributed by atoms with van der Waals surface area (Å²) >= 11 is 0. The van der Waals surface area contributed by atoms with Gasteiger partial charge in [-0.25, -0.2) is 4.39 Å². The van der Waals surface area contributed by atoms with Gasteiger partial charge in [-0.05, 0) is 44.7 Å². The average Bonchev–Trinajstić information content (AvgIpc) is 2.44. The molecular weight excluding hydrogens is 243 g/mol. The van der Waals surface area contributed by atoms with Crippen molar-refractivity contribution < 1.29 is 9.13 Å². The molecule has 0 bridgehead atoms. The molecule has 2 rings (SSSR count). The van der Waals surface area contributed by atoms with Gasteiger partial charge in [0.05, 0.1) is 17.8 Å². The van der Waals surface area contributed by atoms with Gasteiger partial charge in [-0.1, -0.05) is 6.92 Å². The minimum Gasteiger partial charge on any atom is -0.376 e. The number of rotatable bonds is 4. The lowest BCUT2D eigenvalue weighted by Crippen LogP contribution is -2.47. The molecule has 0 saturated heterocycles. The second-order valence-electron chi connectivity index (χ2n) is 5.57. The van der Waals surface area contributed by atoms with Gasteiger partial charge < -0.3 is 10.1 Å². The quantitative estimate of drug-likeness (QED) is 0.909. The van der Waals surface area contributed by atoms with Crippen molar-refractivity contribution in [3.8, 4) is 0 Å². The molecular formula is C15H23FN2O. The first kappa shape index (κ1) is 14.4. The van der Waals surface area contributed by atoms with E-state index in [2.05, 4.69) is 17.2 Å². The van der Waals surface area contributed by atoms with Crippen LogP contribution < -0.4 is 5.32 Å². The Balaban J connectivity index is 2.32. The molecule has 106 valence electrons. The normalized spacial score (nSPS) is 29.2. The highest BCUT2D eigenvalue weighted by molar-refractivity contribution is 5.22. The van der Waals surface area contributed by atoms with Gasteiger partial charge in [0.2, 0.25) is 0 Å². The van der Waals surface area contributed by atoms with E-state index in [0.29, 0.717) is 5.56 Å². The van der Waals surface area contributed by atoms with Crippen molar-refractivity contribution in [1.29, 1.82) is 0 Å². The van der Waals surface area contributed by atoms with Gasteiger partial charge >= 0.3 is 0 Å². The molecule has 1 saturated carbocycles. The summed E-state index contributed by atoms with van der Waals surface area (Å²) in [4.78, 5) is 3.82. The van der Waals surface area contributed by atoms with Crippen LogP contribution in [-0.4, -0.2) is 24.7 Å². The van der Waals surface area contributed by atoms with Crippen molar-refractivity contribution in [2.45, 2.75) is 44.2 Å². The molecule has 0 amide bonds. The van der Waals surface area contributed by atoms with Crippen molar-refractivity contribution >= 4 is 0 Å². The molecule has 1 aromatic heterocycles.